The fraction of sp³-hybridized carbons (Fsp3) is 0.385. The summed E-state index contributed by atoms with van der Waals surface area (Å²) in [7, 11) is 0. The maximum atomic E-state index is 15.3. The topological polar surface area (TPSA) is 98.3 Å². The van der Waals surface area contributed by atoms with E-state index in [1.165, 1.54) is 22.9 Å². The zero-order valence-electron chi connectivity index (χ0n) is 18.9. The summed E-state index contributed by atoms with van der Waals surface area (Å²) in [6.45, 7) is -0.132. The number of para-hydroxylation sites is 1. The Morgan fingerprint density at radius 1 is 1.09 bits per heavy atom. The molecule has 3 aliphatic rings. The average molecular weight is 478 g/mol. The molecule has 5 atom stereocenters. The van der Waals surface area contributed by atoms with Gasteiger partial charge in [-0.25, -0.2) is 8.78 Å². The Kier molecular flexibility index (Phi) is 4.81. The first-order valence-electron chi connectivity index (χ1n) is 11.8. The molecule has 9 heteroatoms. The number of aromatic nitrogens is 2. The smallest absolute Gasteiger partial charge is 0.269 e. The second-order valence-corrected chi connectivity index (χ2v) is 9.92. The Bertz CT molecular complexity index is 1390. The number of Topliss-reactive ketones (excluding diaryl/α,β-unsaturated/α-hetero) is 1. The number of fused-ring (bicyclic) bond motifs is 2. The van der Waals surface area contributed by atoms with Crippen LogP contribution >= 0.6 is 0 Å². The van der Waals surface area contributed by atoms with Crippen molar-refractivity contribution in [2.45, 2.75) is 50.0 Å². The van der Waals surface area contributed by atoms with E-state index in [0.29, 0.717) is 17.3 Å². The summed E-state index contributed by atoms with van der Waals surface area (Å²) in [4.78, 5) is 40.0. The highest BCUT2D eigenvalue weighted by atomic mass is 19.2. The molecular weight excluding hydrogens is 454 g/mol. The van der Waals surface area contributed by atoms with Crippen molar-refractivity contribution in [2.24, 2.45) is 17.6 Å². The molecule has 2 saturated carbocycles. The van der Waals surface area contributed by atoms with Crippen molar-refractivity contribution in [2.75, 3.05) is 0 Å². The molecule has 0 spiro atoms. The Morgan fingerprint density at radius 2 is 1.83 bits per heavy atom. The Morgan fingerprint density at radius 3 is 2.60 bits per heavy atom. The van der Waals surface area contributed by atoms with Gasteiger partial charge in [-0.05, 0) is 37.3 Å². The molecule has 3 fully saturated rings. The number of primary amides is 1. The van der Waals surface area contributed by atoms with Crippen LogP contribution in [-0.4, -0.2) is 44.4 Å². The van der Waals surface area contributed by atoms with E-state index in [0.717, 1.165) is 6.42 Å². The van der Waals surface area contributed by atoms with Gasteiger partial charge in [0, 0.05) is 29.3 Å². The van der Waals surface area contributed by atoms with Gasteiger partial charge < -0.3 is 10.6 Å². The van der Waals surface area contributed by atoms with Crippen molar-refractivity contribution >= 4 is 28.5 Å². The van der Waals surface area contributed by atoms with Gasteiger partial charge in [0.25, 0.3) is 5.91 Å². The molecule has 2 aliphatic carbocycles. The van der Waals surface area contributed by atoms with Crippen molar-refractivity contribution in [1.29, 1.82) is 0 Å². The van der Waals surface area contributed by atoms with Gasteiger partial charge >= 0.3 is 0 Å². The van der Waals surface area contributed by atoms with E-state index in [9.17, 15) is 18.8 Å². The van der Waals surface area contributed by atoms with Crippen molar-refractivity contribution in [3.8, 4) is 0 Å². The fourth-order valence-corrected chi connectivity index (χ4v) is 5.78. The number of alkyl halides is 1. The quantitative estimate of drug-likeness (QED) is 0.564. The molecule has 2 unspecified atom stereocenters. The number of nitrogens with two attached hydrogens (primary N) is 1. The molecule has 2 heterocycles. The number of hydrogen-bond donors (Lipinski definition) is 1. The summed E-state index contributed by atoms with van der Waals surface area (Å²) < 4.78 is 30.9. The van der Waals surface area contributed by atoms with Crippen LogP contribution < -0.4 is 5.73 Å². The number of hydrogen-bond acceptors (Lipinski definition) is 4. The largest absolute Gasteiger partial charge is 0.364 e. The van der Waals surface area contributed by atoms with Crippen LogP contribution in [0, 0.1) is 17.7 Å². The van der Waals surface area contributed by atoms with Crippen LogP contribution in [0.3, 0.4) is 0 Å². The van der Waals surface area contributed by atoms with Gasteiger partial charge in [0.15, 0.2) is 11.5 Å². The summed E-state index contributed by atoms with van der Waals surface area (Å²) in [6, 6.07) is 12.1. The molecule has 6 rings (SSSR count). The lowest BCUT2D eigenvalue weighted by molar-refractivity contribution is -0.139. The first-order chi connectivity index (χ1) is 16.8. The molecule has 0 radical (unpaired) electrons. The molecule has 1 aliphatic heterocycles. The summed E-state index contributed by atoms with van der Waals surface area (Å²) in [5.41, 5.74) is 4.31. The maximum Gasteiger partial charge on any atom is 0.269 e. The summed E-state index contributed by atoms with van der Waals surface area (Å²) in [6.07, 6.45) is 1.47. The fourth-order valence-electron chi connectivity index (χ4n) is 5.78. The highest BCUT2D eigenvalue weighted by Gasteiger charge is 2.61. The Hall–Kier alpha value is -3.62. The van der Waals surface area contributed by atoms with Gasteiger partial charge in [0.05, 0.1) is 11.6 Å². The van der Waals surface area contributed by atoms with Crippen LogP contribution in [0.1, 0.15) is 41.7 Å². The minimum absolute atomic E-state index is 0.00387. The SMILES string of the molecule is NC(=O)c1nn(CC(=O)N2[C@@H]3C[C@@H]3C[C@H]2C(=O)CC2CC2(F)c2ccccc2F)c2ccccc12. The maximum absolute atomic E-state index is 15.3. The van der Waals surface area contributed by atoms with Crippen LogP contribution in [-0.2, 0) is 21.8 Å². The van der Waals surface area contributed by atoms with Crippen LogP contribution in [0.5, 0.6) is 0 Å². The summed E-state index contributed by atoms with van der Waals surface area (Å²) >= 11 is 0. The van der Waals surface area contributed by atoms with Gasteiger partial charge in [0.1, 0.15) is 18.0 Å². The number of benzene rings is 2. The van der Waals surface area contributed by atoms with Gasteiger partial charge in [-0.1, -0.05) is 36.4 Å². The first-order valence-corrected chi connectivity index (χ1v) is 11.8. The number of ketones is 1. The standard InChI is InChI=1S/C26H24F2N4O3/c27-18-7-3-2-6-17(18)26(28)12-15(26)11-22(33)21-10-14-9-20(14)32(21)23(34)13-31-19-8-4-1-5-16(19)24(30-31)25(29)35/h1-8,14-15,20-21H,9-13H2,(H2,29,35)/t14-,15?,20-,21+,26?/m1/s1. The number of nitrogens with zero attached hydrogens (tertiary/aromatic N) is 3. The molecule has 2 N–H and O–H groups in total. The van der Waals surface area contributed by atoms with Gasteiger partial charge in [-0.15, -0.1) is 0 Å². The normalized spacial score (nSPS) is 28.7. The van der Waals surface area contributed by atoms with Crippen LogP contribution in [0.25, 0.3) is 10.9 Å². The number of carbonyl (C=O) groups is 3. The van der Waals surface area contributed by atoms with Crippen LogP contribution in [0.2, 0.25) is 0 Å². The molecule has 3 aromatic rings. The number of piperidine rings is 1. The average Bonchev–Trinajstić information content (AvgIpc) is 3.64. The van der Waals surface area contributed by atoms with Crippen molar-refractivity contribution in [3.05, 3.63) is 65.6 Å². The zero-order chi connectivity index (χ0) is 24.5. The number of amides is 2. The van der Waals surface area contributed by atoms with E-state index in [4.69, 9.17) is 5.73 Å². The third-order valence-corrected chi connectivity index (χ3v) is 7.74. The molecule has 1 aromatic heterocycles. The van der Waals surface area contributed by atoms with E-state index < -0.39 is 29.4 Å². The molecular formula is C26H24F2N4O3. The number of rotatable bonds is 7. The number of carbonyl (C=O) groups excluding carboxylic acids is 3. The van der Waals surface area contributed by atoms with E-state index in [2.05, 4.69) is 5.10 Å². The number of likely N-dealkylation sites (tertiary alicyclic amines) is 1. The summed E-state index contributed by atoms with van der Waals surface area (Å²) in [5, 5.41) is 4.81. The predicted octanol–water partition coefficient (Wildman–Crippen LogP) is 3.11. The second kappa shape index (κ2) is 7.69. The third-order valence-electron chi connectivity index (χ3n) is 7.74. The predicted molar refractivity (Wildman–Crippen MR) is 122 cm³/mol. The third kappa shape index (κ3) is 3.52. The van der Waals surface area contributed by atoms with Gasteiger partial charge in [-0.2, -0.15) is 5.10 Å². The minimum atomic E-state index is -1.84. The van der Waals surface area contributed by atoms with E-state index in [1.807, 2.05) is 0 Å². The lowest BCUT2D eigenvalue weighted by atomic mass is 9.99. The lowest BCUT2D eigenvalue weighted by Gasteiger charge is -2.27. The van der Waals surface area contributed by atoms with Crippen LogP contribution in [0.15, 0.2) is 48.5 Å². The van der Waals surface area contributed by atoms with Crippen molar-refractivity contribution in [1.82, 2.24) is 14.7 Å². The number of halogens is 2. The molecule has 0 bridgehead atoms. The van der Waals surface area contributed by atoms with E-state index >= 15 is 4.39 Å². The van der Waals surface area contributed by atoms with E-state index in [1.54, 1.807) is 35.2 Å². The molecule has 180 valence electrons. The Balaban J connectivity index is 1.19. The molecule has 1 saturated heterocycles. The lowest BCUT2D eigenvalue weighted by Crippen LogP contribution is -2.45. The van der Waals surface area contributed by atoms with Crippen molar-refractivity contribution < 1.29 is 23.2 Å². The van der Waals surface area contributed by atoms with Gasteiger partial charge in [0.2, 0.25) is 5.91 Å². The van der Waals surface area contributed by atoms with E-state index in [-0.39, 0.29) is 54.3 Å². The minimum Gasteiger partial charge on any atom is -0.364 e. The first kappa shape index (κ1) is 21.9. The van der Waals surface area contributed by atoms with Gasteiger partial charge in [-0.3, -0.25) is 19.1 Å². The molecule has 2 amide bonds. The highest BCUT2D eigenvalue weighted by Crippen LogP contribution is 2.58. The molecule has 2 aromatic carbocycles. The monoisotopic (exact) mass is 478 g/mol. The Labute approximate surface area is 199 Å². The highest BCUT2D eigenvalue weighted by molar-refractivity contribution is 6.04. The molecule has 7 nitrogen and oxygen atoms in total. The van der Waals surface area contributed by atoms with Crippen molar-refractivity contribution in [3.63, 3.8) is 0 Å². The summed E-state index contributed by atoms with van der Waals surface area (Å²) in [5.74, 6) is -2.06. The van der Waals surface area contributed by atoms with Crippen LogP contribution in [0.4, 0.5) is 8.78 Å². The zero-order valence-corrected chi connectivity index (χ0v) is 18.9. The second-order valence-electron chi connectivity index (χ2n) is 9.92. The molecule has 35 heavy (non-hydrogen) atoms.